The zero-order valence-corrected chi connectivity index (χ0v) is 28.6. The summed E-state index contributed by atoms with van der Waals surface area (Å²) < 4.78 is 11.3. The molecule has 3 rings (SSSR count). The summed E-state index contributed by atoms with van der Waals surface area (Å²) in [6, 6.07) is 15.8. The summed E-state index contributed by atoms with van der Waals surface area (Å²) in [5.41, 5.74) is 1.43. The van der Waals surface area contributed by atoms with Crippen LogP contribution in [0.1, 0.15) is 51.7 Å². The van der Waals surface area contributed by atoms with Gasteiger partial charge >= 0.3 is 11.9 Å². The van der Waals surface area contributed by atoms with E-state index in [4.69, 9.17) is 9.47 Å². The fourth-order valence-electron chi connectivity index (χ4n) is 5.41. The van der Waals surface area contributed by atoms with Crippen LogP contribution in [0.5, 0.6) is 0 Å². The number of rotatable bonds is 8. The maximum atomic E-state index is 13.7. The van der Waals surface area contributed by atoms with Gasteiger partial charge in [0.2, 0.25) is 11.8 Å². The van der Waals surface area contributed by atoms with Gasteiger partial charge in [-0.05, 0) is 35.8 Å². The first-order valence-electron chi connectivity index (χ1n) is 16.3. The summed E-state index contributed by atoms with van der Waals surface area (Å²) in [4.78, 5) is 83.3. The van der Waals surface area contributed by atoms with Crippen LogP contribution < -0.4 is 10.6 Å². The maximum Gasteiger partial charge on any atom is 0.326 e. The number of esters is 2. The Hall–Kier alpha value is -4.74. The third-order valence-corrected chi connectivity index (χ3v) is 7.79. The van der Waals surface area contributed by atoms with E-state index in [-0.39, 0.29) is 37.5 Å². The minimum Gasteiger partial charge on any atom is -0.451 e. The van der Waals surface area contributed by atoms with E-state index in [0.29, 0.717) is 11.1 Å². The molecular weight excluding hydrogens is 616 g/mol. The van der Waals surface area contributed by atoms with Crippen molar-refractivity contribution in [2.45, 2.75) is 77.7 Å². The number of cyclic esters (lactones) is 2. The van der Waals surface area contributed by atoms with Crippen molar-refractivity contribution in [3.05, 3.63) is 71.8 Å². The third-order valence-electron chi connectivity index (χ3n) is 7.79. The lowest BCUT2D eigenvalue weighted by Crippen LogP contribution is -2.54. The molecule has 2 aromatic carbocycles. The number of nitrogens with zero attached hydrogens (tertiary/aromatic N) is 2. The lowest BCUT2D eigenvalue weighted by atomic mass is 10.0. The van der Waals surface area contributed by atoms with Gasteiger partial charge in [-0.2, -0.15) is 0 Å². The number of hydrogen-bond acceptors (Lipinski definition) is 8. The lowest BCUT2D eigenvalue weighted by Gasteiger charge is -2.29. The number of amides is 4. The van der Waals surface area contributed by atoms with E-state index >= 15 is 0 Å². The highest BCUT2D eigenvalue weighted by Gasteiger charge is 2.35. The SMILES string of the molecule is CC(C)C[C@H]1NC(=O)[C@@H](Cc2ccccc2)OC(=O)CN(C)C(=O)[C@@H](CC(C)C)NC(=O)[C@@H](Cc2ccccc2)OC(=O)CN(C)C1=O. The quantitative estimate of drug-likeness (QED) is 0.408. The second-order valence-corrected chi connectivity index (χ2v) is 13.1. The highest BCUT2D eigenvalue weighted by molar-refractivity contribution is 5.94. The molecule has 260 valence electrons. The standard InChI is InChI=1S/C36H48N4O8/c1-23(2)17-27-35(45)39(5)21-31(41)48-30(20-26-15-11-8-12-16-26)34(44)38-28(18-24(3)4)36(46)40(6)22-32(42)47-29(33(43)37-27)19-25-13-9-7-10-14-25/h7-16,23-24,27-30H,17-22H2,1-6H3,(H,37,43)(H,38,44)/t27-,28-,29-,30-/m1/s1. The number of ether oxygens (including phenoxy) is 2. The van der Waals surface area contributed by atoms with E-state index in [1.165, 1.54) is 14.1 Å². The molecule has 2 N–H and O–H groups in total. The molecule has 1 fully saturated rings. The topological polar surface area (TPSA) is 151 Å². The molecule has 12 heteroatoms. The molecule has 1 heterocycles. The zero-order valence-electron chi connectivity index (χ0n) is 28.6. The van der Waals surface area contributed by atoms with Gasteiger partial charge in [-0.1, -0.05) is 88.4 Å². The van der Waals surface area contributed by atoms with Crippen LogP contribution in [0.2, 0.25) is 0 Å². The minimum atomic E-state index is -1.31. The molecule has 4 atom stereocenters. The minimum absolute atomic E-state index is 0.0232. The van der Waals surface area contributed by atoms with Crippen molar-refractivity contribution in [2.24, 2.45) is 11.8 Å². The van der Waals surface area contributed by atoms with E-state index in [1.807, 2.05) is 39.8 Å². The number of likely N-dealkylation sites (N-methyl/N-ethyl adjacent to an activating group) is 2. The lowest BCUT2D eigenvalue weighted by molar-refractivity contribution is -0.161. The van der Waals surface area contributed by atoms with Crippen molar-refractivity contribution in [1.29, 1.82) is 0 Å². The predicted molar refractivity (Wildman–Crippen MR) is 178 cm³/mol. The zero-order chi connectivity index (χ0) is 35.4. The first-order valence-corrected chi connectivity index (χ1v) is 16.3. The number of nitrogens with one attached hydrogen (secondary N) is 2. The molecular formula is C36H48N4O8. The molecule has 0 unspecified atom stereocenters. The van der Waals surface area contributed by atoms with Crippen molar-refractivity contribution in [2.75, 3.05) is 27.2 Å². The summed E-state index contributed by atoms with van der Waals surface area (Å²) in [6.45, 7) is 6.53. The Labute approximate surface area is 282 Å². The Morgan fingerprint density at radius 2 is 0.938 bits per heavy atom. The summed E-state index contributed by atoms with van der Waals surface area (Å²) >= 11 is 0. The van der Waals surface area contributed by atoms with Crippen molar-refractivity contribution in [1.82, 2.24) is 20.4 Å². The fraction of sp³-hybridized carbons (Fsp3) is 0.500. The van der Waals surface area contributed by atoms with Crippen LogP contribution in [0, 0.1) is 11.8 Å². The van der Waals surface area contributed by atoms with Crippen molar-refractivity contribution >= 4 is 35.6 Å². The Morgan fingerprint density at radius 1 is 0.604 bits per heavy atom. The Bertz CT molecular complexity index is 1310. The summed E-state index contributed by atoms with van der Waals surface area (Å²) in [5.74, 6) is -4.20. The monoisotopic (exact) mass is 664 g/mol. The Balaban J connectivity index is 1.99. The molecule has 1 saturated heterocycles. The van der Waals surface area contributed by atoms with Crippen LogP contribution in [0.25, 0.3) is 0 Å². The summed E-state index contributed by atoms with van der Waals surface area (Å²) in [6.07, 6.45) is -2.10. The van der Waals surface area contributed by atoms with Crippen molar-refractivity contribution < 1.29 is 38.2 Å². The molecule has 1 aliphatic rings. The third kappa shape index (κ3) is 11.8. The molecule has 12 nitrogen and oxygen atoms in total. The van der Waals surface area contributed by atoms with Gasteiger partial charge in [-0.3, -0.25) is 28.8 Å². The van der Waals surface area contributed by atoms with E-state index in [1.54, 1.807) is 48.5 Å². The van der Waals surface area contributed by atoms with Gasteiger partial charge in [0.05, 0.1) is 0 Å². The van der Waals surface area contributed by atoms with Crippen molar-refractivity contribution in [3.63, 3.8) is 0 Å². The van der Waals surface area contributed by atoms with Gasteiger partial charge in [0.1, 0.15) is 25.2 Å². The molecule has 1 aliphatic heterocycles. The van der Waals surface area contributed by atoms with Gasteiger partial charge in [0, 0.05) is 26.9 Å². The van der Waals surface area contributed by atoms with E-state index in [9.17, 15) is 28.8 Å². The average molecular weight is 665 g/mol. The van der Waals surface area contributed by atoms with Crippen LogP contribution in [-0.2, 0) is 51.1 Å². The first kappa shape index (κ1) is 37.7. The van der Waals surface area contributed by atoms with Gasteiger partial charge < -0.3 is 29.9 Å². The smallest absolute Gasteiger partial charge is 0.326 e. The highest BCUT2D eigenvalue weighted by atomic mass is 16.6. The number of carbonyl (C=O) groups excluding carboxylic acids is 6. The molecule has 2 aromatic rings. The van der Waals surface area contributed by atoms with Gasteiger partial charge in [0.15, 0.2) is 12.2 Å². The van der Waals surface area contributed by atoms with E-state index in [2.05, 4.69) is 10.6 Å². The van der Waals surface area contributed by atoms with Crippen LogP contribution in [0.4, 0.5) is 0 Å². The molecule has 48 heavy (non-hydrogen) atoms. The second-order valence-electron chi connectivity index (χ2n) is 13.1. The summed E-state index contributed by atoms with van der Waals surface area (Å²) in [5, 5.41) is 5.46. The van der Waals surface area contributed by atoms with Crippen LogP contribution in [0.15, 0.2) is 60.7 Å². The number of hydrogen-bond donors (Lipinski definition) is 2. The first-order chi connectivity index (χ1) is 22.7. The van der Waals surface area contributed by atoms with Gasteiger partial charge in [0.25, 0.3) is 11.8 Å². The van der Waals surface area contributed by atoms with Crippen LogP contribution in [-0.4, -0.2) is 96.8 Å². The highest BCUT2D eigenvalue weighted by Crippen LogP contribution is 2.15. The molecule has 0 radical (unpaired) electrons. The van der Waals surface area contributed by atoms with Crippen LogP contribution >= 0.6 is 0 Å². The number of benzene rings is 2. The Morgan fingerprint density at radius 3 is 1.25 bits per heavy atom. The van der Waals surface area contributed by atoms with E-state index < -0.39 is 72.9 Å². The molecule has 0 aliphatic carbocycles. The number of carbonyl (C=O) groups is 6. The summed E-state index contributed by atoms with van der Waals surface area (Å²) in [7, 11) is 2.81. The van der Waals surface area contributed by atoms with Crippen molar-refractivity contribution in [3.8, 4) is 0 Å². The van der Waals surface area contributed by atoms with Crippen LogP contribution in [0.3, 0.4) is 0 Å². The van der Waals surface area contributed by atoms with E-state index in [0.717, 1.165) is 9.80 Å². The molecule has 0 aromatic heterocycles. The largest absolute Gasteiger partial charge is 0.451 e. The molecule has 0 saturated carbocycles. The fourth-order valence-corrected chi connectivity index (χ4v) is 5.41. The van der Waals surface area contributed by atoms with Gasteiger partial charge in [-0.15, -0.1) is 0 Å². The molecule has 4 amide bonds. The maximum absolute atomic E-state index is 13.7. The molecule has 0 bridgehead atoms. The van der Waals surface area contributed by atoms with Gasteiger partial charge in [-0.25, -0.2) is 0 Å². The Kier molecular flexibility index (Phi) is 14.1. The molecule has 0 spiro atoms. The normalized spacial score (nSPS) is 22.5. The second kappa shape index (κ2) is 18.0. The predicted octanol–water partition coefficient (Wildman–Crippen LogP) is 2.29. The average Bonchev–Trinajstić information content (AvgIpc) is 3.02.